The van der Waals surface area contributed by atoms with Crippen molar-refractivity contribution < 1.29 is 34.2 Å². The molecule has 0 radical (unpaired) electrons. The number of carbonyl (C=O) groups excluding carboxylic acids is 4. The molecule has 1 aromatic rings. The molecular weight excluding hydrogens is 586 g/mol. The van der Waals surface area contributed by atoms with Crippen molar-refractivity contribution in [2.75, 3.05) is 6.54 Å². The Morgan fingerprint density at radius 2 is 1.33 bits per heavy atom. The summed E-state index contributed by atoms with van der Waals surface area (Å²) in [7, 11) is 0. The van der Waals surface area contributed by atoms with Crippen molar-refractivity contribution in [3.05, 3.63) is 29.8 Å². The Hall–Kier alpha value is -3.43. The van der Waals surface area contributed by atoms with E-state index in [9.17, 15) is 34.2 Å². The van der Waals surface area contributed by atoms with E-state index in [0.29, 0.717) is 31.4 Å². The molecule has 0 bridgehead atoms. The number of hydrogen-bond acceptors (Lipinski definition) is 6. The zero-order valence-electron chi connectivity index (χ0n) is 28.1. The summed E-state index contributed by atoms with van der Waals surface area (Å²) in [5.74, 6) is -2.44. The third-order valence-electron chi connectivity index (χ3n) is 8.77. The Kier molecular flexibility index (Phi) is 18.7. The van der Waals surface area contributed by atoms with Gasteiger partial charge in [-0.2, -0.15) is 0 Å². The van der Waals surface area contributed by atoms with Crippen molar-refractivity contribution >= 4 is 29.5 Å². The highest BCUT2D eigenvalue weighted by atomic mass is 16.4. The first kappa shape index (κ1) is 38.8. The third-order valence-corrected chi connectivity index (χ3v) is 8.77. The maximum Gasteiger partial charge on any atom is 0.326 e. The molecule has 1 saturated heterocycles. The minimum Gasteiger partial charge on any atom is -0.508 e. The largest absolute Gasteiger partial charge is 0.508 e. The summed E-state index contributed by atoms with van der Waals surface area (Å²) in [6.45, 7) is 4.29. The number of likely N-dealkylation sites (tertiary alicyclic amines) is 1. The molecule has 0 aromatic heterocycles. The number of aliphatic carboxylic acids is 1. The first-order valence-corrected chi connectivity index (χ1v) is 17.5. The summed E-state index contributed by atoms with van der Waals surface area (Å²) in [6.07, 6.45) is 17.2. The summed E-state index contributed by atoms with van der Waals surface area (Å²) >= 11 is 0. The van der Waals surface area contributed by atoms with Crippen molar-refractivity contribution in [1.82, 2.24) is 15.5 Å². The van der Waals surface area contributed by atoms with Crippen LogP contribution < -0.4 is 10.6 Å². The molecule has 3 amide bonds. The van der Waals surface area contributed by atoms with Gasteiger partial charge in [0, 0.05) is 32.2 Å². The van der Waals surface area contributed by atoms with E-state index in [2.05, 4.69) is 17.6 Å². The van der Waals surface area contributed by atoms with Crippen molar-refractivity contribution in [2.45, 2.75) is 154 Å². The van der Waals surface area contributed by atoms with Gasteiger partial charge < -0.3 is 25.7 Å². The van der Waals surface area contributed by atoms with Crippen LogP contribution in [0.5, 0.6) is 5.75 Å². The predicted octanol–water partition coefficient (Wildman–Crippen LogP) is 5.83. The van der Waals surface area contributed by atoms with Crippen molar-refractivity contribution in [3.8, 4) is 5.75 Å². The molecule has 1 aliphatic heterocycles. The van der Waals surface area contributed by atoms with Gasteiger partial charge in [0.2, 0.25) is 17.7 Å². The van der Waals surface area contributed by atoms with Gasteiger partial charge in [0.1, 0.15) is 17.8 Å². The number of carboxylic acid groups (broad SMARTS) is 1. The van der Waals surface area contributed by atoms with E-state index in [1.54, 1.807) is 19.1 Å². The minimum absolute atomic E-state index is 0.0309. The summed E-state index contributed by atoms with van der Waals surface area (Å²) < 4.78 is 0. The lowest BCUT2D eigenvalue weighted by molar-refractivity contribution is -0.142. The number of ketones is 1. The van der Waals surface area contributed by atoms with Crippen LogP contribution in [0.1, 0.15) is 135 Å². The number of phenols is 1. The fourth-order valence-electron chi connectivity index (χ4n) is 6.03. The standard InChI is InChI=1S/C36H57N3O7/c1-3-4-5-6-7-8-9-10-11-12-13-14-15-18-33(42)37-27(2)35(44)39-25-16-17-31(39)32(41)23-24-34(43)38-30(36(45)46)26-28-19-21-29(40)22-20-28/h19-22,27,30-31,40H,3-18,23-26H2,1-2H3,(H,37,42)(H,38,43)(H,45,46)/t27-,30-,31-/m0/s1. The topological polar surface area (TPSA) is 153 Å². The average molecular weight is 644 g/mol. The molecule has 10 nitrogen and oxygen atoms in total. The predicted molar refractivity (Wildman–Crippen MR) is 178 cm³/mol. The van der Waals surface area contributed by atoms with Gasteiger partial charge in [-0.1, -0.05) is 96.1 Å². The summed E-state index contributed by atoms with van der Waals surface area (Å²) in [5.41, 5.74) is 0.632. The second-order valence-electron chi connectivity index (χ2n) is 12.8. The number of nitrogens with zero attached hydrogens (tertiary/aromatic N) is 1. The van der Waals surface area contributed by atoms with E-state index in [0.717, 1.165) is 19.3 Å². The lowest BCUT2D eigenvalue weighted by atomic mass is 10.0. The van der Waals surface area contributed by atoms with Crippen LogP contribution >= 0.6 is 0 Å². The summed E-state index contributed by atoms with van der Waals surface area (Å²) in [4.78, 5) is 64.3. The molecule has 46 heavy (non-hydrogen) atoms. The number of unbranched alkanes of at least 4 members (excludes halogenated alkanes) is 12. The van der Waals surface area contributed by atoms with E-state index in [4.69, 9.17) is 0 Å². The van der Waals surface area contributed by atoms with Crippen LogP contribution in [0, 0.1) is 0 Å². The first-order chi connectivity index (χ1) is 22.1. The molecule has 0 aliphatic carbocycles. The number of nitrogens with one attached hydrogen (secondary N) is 2. The number of amides is 3. The summed E-state index contributed by atoms with van der Waals surface area (Å²) in [6, 6.07) is 3.45. The van der Waals surface area contributed by atoms with Crippen LogP contribution in [-0.4, -0.2) is 69.3 Å². The lowest BCUT2D eigenvalue weighted by Crippen LogP contribution is -2.50. The maximum atomic E-state index is 13.1. The number of rotatable bonds is 24. The normalized spacial score (nSPS) is 15.7. The number of carboxylic acids is 1. The van der Waals surface area contributed by atoms with Crippen LogP contribution in [0.4, 0.5) is 0 Å². The molecule has 2 rings (SSSR count). The van der Waals surface area contributed by atoms with Crippen molar-refractivity contribution in [1.29, 1.82) is 0 Å². The monoisotopic (exact) mass is 643 g/mol. The SMILES string of the molecule is CCCCCCCCCCCCCCCC(=O)N[C@@H](C)C(=O)N1CCC[C@H]1C(=O)CCC(=O)N[C@@H](Cc1ccc(O)cc1)C(=O)O. The fraction of sp³-hybridized carbons (Fsp3) is 0.694. The molecule has 0 spiro atoms. The van der Waals surface area contributed by atoms with E-state index in [-0.39, 0.29) is 42.6 Å². The molecule has 10 heteroatoms. The molecule has 1 fully saturated rings. The zero-order chi connectivity index (χ0) is 33.7. The van der Waals surface area contributed by atoms with Crippen LogP contribution in [0.3, 0.4) is 0 Å². The number of aromatic hydroxyl groups is 1. The van der Waals surface area contributed by atoms with E-state index in [1.165, 1.54) is 81.2 Å². The molecule has 0 saturated carbocycles. The lowest BCUT2D eigenvalue weighted by Gasteiger charge is -2.27. The number of hydrogen-bond donors (Lipinski definition) is 4. The van der Waals surface area contributed by atoms with E-state index in [1.807, 2.05) is 0 Å². The number of phenolic OH excluding ortho intramolecular Hbond substituents is 1. The number of Topliss-reactive ketones (excluding diaryl/α,β-unsaturated/α-hetero) is 1. The number of benzene rings is 1. The number of carbonyl (C=O) groups is 5. The molecule has 1 aromatic carbocycles. The molecule has 0 unspecified atom stereocenters. The Morgan fingerprint density at radius 1 is 0.783 bits per heavy atom. The highest BCUT2D eigenvalue weighted by Crippen LogP contribution is 2.21. The second-order valence-corrected chi connectivity index (χ2v) is 12.8. The Bertz CT molecular complexity index is 1090. The Labute approximate surface area is 275 Å². The van der Waals surface area contributed by atoms with E-state index < -0.39 is 30.0 Å². The average Bonchev–Trinajstić information content (AvgIpc) is 3.52. The molecule has 1 aliphatic rings. The second kappa shape index (κ2) is 22.2. The van der Waals surface area contributed by atoms with Gasteiger partial charge in [-0.15, -0.1) is 0 Å². The Balaban J connectivity index is 1.64. The van der Waals surface area contributed by atoms with Gasteiger partial charge in [-0.05, 0) is 43.9 Å². The molecular formula is C36H57N3O7. The van der Waals surface area contributed by atoms with Gasteiger partial charge in [-0.25, -0.2) is 4.79 Å². The van der Waals surface area contributed by atoms with Crippen LogP contribution in [0.15, 0.2) is 24.3 Å². The van der Waals surface area contributed by atoms with E-state index >= 15 is 0 Å². The van der Waals surface area contributed by atoms with Crippen molar-refractivity contribution in [2.24, 2.45) is 0 Å². The molecule has 4 N–H and O–H groups in total. The van der Waals surface area contributed by atoms with Gasteiger partial charge in [0.15, 0.2) is 5.78 Å². The third kappa shape index (κ3) is 15.2. The van der Waals surface area contributed by atoms with Crippen LogP contribution in [0.25, 0.3) is 0 Å². The highest BCUT2D eigenvalue weighted by molar-refractivity contribution is 5.94. The van der Waals surface area contributed by atoms with Crippen LogP contribution in [0.2, 0.25) is 0 Å². The Morgan fingerprint density at radius 3 is 1.89 bits per heavy atom. The minimum atomic E-state index is -1.20. The fourth-order valence-corrected chi connectivity index (χ4v) is 6.03. The van der Waals surface area contributed by atoms with Gasteiger partial charge in [0.25, 0.3) is 0 Å². The first-order valence-electron chi connectivity index (χ1n) is 17.5. The molecule has 3 atom stereocenters. The van der Waals surface area contributed by atoms with Crippen LogP contribution in [-0.2, 0) is 30.4 Å². The zero-order valence-corrected chi connectivity index (χ0v) is 28.1. The molecule has 258 valence electrons. The highest BCUT2D eigenvalue weighted by Gasteiger charge is 2.36. The summed E-state index contributed by atoms with van der Waals surface area (Å²) in [5, 5.41) is 24.2. The van der Waals surface area contributed by atoms with Gasteiger partial charge >= 0.3 is 5.97 Å². The molecule has 1 heterocycles. The maximum absolute atomic E-state index is 13.1. The van der Waals surface area contributed by atoms with Gasteiger partial charge in [-0.3, -0.25) is 19.2 Å². The smallest absolute Gasteiger partial charge is 0.326 e. The van der Waals surface area contributed by atoms with Gasteiger partial charge in [0.05, 0.1) is 6.04 Å². The van der Waals surface area contributed by atoms with Crippen molar-refractivity contribution in [3.63, 3.8) is 0 Å². The quantitative estimate of drug-likeness (QED) is 0.103.